The smallest absolute Gasteiger partial charge is 0.136 e. The average molecular weight is 220 g/mol. The number of halogens is 2. The number of thioether (sulfide) groups is 1. The van der Waals surface area contributed by atoms with Crippen LogP contribution in [0.4, 0.5) is 8.78 Å². The van der Waals surface area contributed by atoms with Crippen LogP contribution in [0.15, 0.2) is 23.1 Å². The Bertz CT molecular complexity index is 307. The topological polar surface area (TPSA) is 40.5 Å². The van der Waals surface area contributed by atoms with Crippen molar-refractivity contribution < 1.29 is 19.0 Å². The van der Waals surface area contributed by atoms with Crippen LogP contribution >= 0.6 is 11.8 Å². The Morgan fingerprint density at radius 2 is 2.07 bits per heavy atom. The van der Waals surface area contributed by atoms with Crippen molar-refractivity contribution in [1.29, 1.82) is 0 Å². The molecule has 0 amide bonds. The maximum atomic E-state index is 13.0. The fourth-order valence-corrected chi connectivity index (χ4v) is 1.71. The van der Waals surface area contributed by atoms with Gasteiger partial charge in [-0.05, 0) is 18.2 Å². The van der Waals surface area contributed by atoms with E-state index in [0.717, 1.165) is 30.0 Å². The van der Waals surface area contributed by atoms with E-state index in [1.807, 2.05) is 0 Å². The minimum Gasteiger partial charge on any atom is -0.394 e. The monoisotopic (exact) mass is 220 g/mol. The largest absolute Gasteiger partial charge is 0.394 e. The molecule has 0 saturated carbocycles. The van der Waals surface area contributed by atoms with Crippen LogP contribution < -0.4 is 0 Å². The molecule has 1 rings (SSSR count). The second-order valence-corrected chi connectivity index (χ2v) is 3.78. The summed E-state index contributed by atoms with van der Waals surface area (Å²) in [5.74, 6) is -0.912. The Labute approximate surface area is 84.6 Å². The second kappa shape index (κ2) is 5.29. The van der Waals surface area contributed by atoms with Crippen molar-refractivity contribution in [1.82, 2.24) is 0 Å². The molecule has 5 heteroatoms. The van der Waals surface area contributed by atoms with Gasteiger partial charge in [-0.1, -0.05) is 0 Å². The first-order valence-corrected chi connectivity index (χ1v) is 4.99. The Kier molecular flexibility index (Phi) is 4.31. The minimum atomic E-state index is -0.914. The molecule has 0 radical (unpaired) electrons. The highest BCUT2D eigenvalue weighted by molar-refractivity contribution is 7.99. The van der Waals surface area contributed by atoms with Gasteiger partial charge in [-0.15, -0.1) is 11.8 Å². The van der Waals surface area contributed by atoms with Crippen LogP contribution in [0.25, 0.3) is 0 Å². The van der Waals surface area contributed by atoms with Crippen molar-refractivity contribution in [3.05, 3.63) is 29.8 Å². The first kappa shape index (κ1) is 11.4. The number of benzene rings is 1. The minimum absolute atomic E-state index is 0.136. The molecule has 0 aromatic heterocycles. The number of rotatable bonds is 4. The standard InChI is InChI=1S/C9H10F2O2S/c10-6-1-2-8(11)9(3-6)14-5-7(13)4-12/h1-3,7,12-13H,4-5H2. The zero-order valence-electron chi connectivity index (χ0n) is 7.28. The first-order chi connectivity index (χ1) is 6.63. The lowest BCUT2D eigenvalue weighted by molar-refractivity contribution is 0.113. The molecule has 2 nitrogen and oxygen atoms in total. The average Bonchev–Trinajstić information content (AvgIpc) is 2.19. The predicted octanol–water partition coefficient (Wildman–Crippen LogP) is 1.41. The summed E-state index contributed by atoms with van der Waals surface area (Å²) < 4.78 is 25.7. The lowest BCUT2D eigenvalue weighted by atomic mass is 10.3. The molecule has 1 atom stereocenters. The molecule has 0 heterocycles. The molecular formula is C9H10F2O2S. The molecular weight excluding hydrogens is 210 g/mol. The van der Waals surface area contributed by atoms with E-state index in [1.165, 1.54) is 0 Å². The maximum absolute atomic E-state index is 13.0. The summed E-state index contributed by atoms with van der Waals surface area (Å²) in [6, 6.07) is 3.12. The van der Waals surface area contributed by atoms with Gasteiger partial charge in [0.15, 0.2) is 0 Å². The third-order valence-electron chi connectivity index (χ3n) is 1.54. The van der Waals surface area contributed by atoms with Gasteiger partial charge < -0.3 is 10.2 Å². The second-order valence-electron chi connectivity index (χ2n) is 2.72. The zero-order chi connectivity index (χ0) is 10.6. The van der Waals surface area contributed by atoms with Crippen molar-refractivity contribution in [3.63, 3.8) is 0 Å². The fourth-order valence-electron chi connectivity index (χ4n) is 0.826. The zero-order valence-corrected chi connectivity index (χ0v) is 8.10. The Hall–Kier alpha value is -0.650. The van der Waals surface area contributed by atoms with Crippen LogP contribution in [-0.2, 0) is 0 Å². The number of hydrogen-bond donors (Lipinski definition) is 2. The van der Waals surface area contributed by atoms with E-state index in [4.69, 9.17) is 10.2 Å². The molecule has 0 aliphatic carbocycles. The molecule has 0 bridgehead atoms. The number of aliphatic hydroxyl groups is 2. The van der Waals surface area contributed by atoms with Gasteiger partial charge in [-0.25, -0.2) is 8.78 Å². The molecule has 0 aliphatic rings. The van der Waals surface area contributed by atoms with Gasteiger partial charge in [0, 0.05) is 10.6 Å². The molecule has 1 aromatic carbocycles. The van der Waals surface area contributed by atoms with Crippen molar-refractivity contribution in [3.8, 4) is 0 Å². The van der Waals surface area contributed by atoms with Crippen LogP contribution in [0.5, 0.6) is 0 Å². The van der Waals surface area contributed by atoms with E-state index in [0.29, 0.717) is 0 Å². The van der Waals surface area contributed by atoms with Crippen molar-refractivity contribution >= 4 is 11.8 Å². The molecule has 0 aliphatic heterocycles. The van der Waals surface area contributed by atoms with E-state index >= 15 is 0 Å². The summed E-state index contributed by atoms with van der Waals surface area (Å²) >= 11 is 0.969. The fraction of sp³-hybridized carbons (Fsp3) is 0.333. The molecule has 0 saturated heterocycles. The highest BCUT2D eigenvalue weighted by Crippen LogP contribution is 2.23. The molecule has 78 valence electrons. The Morgan fingerprint density at radius 1 is 1.36 bits per heavy atom. The van der Waals surface area contributed by atoms with Crippen molar-refractivity contribution in [2.24, 2.45) is 0 Å². The molecule has 0 fully saturated rings. The Morgan fingerprint density at radius 3 is 2.71 bits per heavy atom. The van der Waals surface area contributed by atoms with Crippen LogP contribution in [0.1, 0.15) is 0 Å². The van der Waals surface area contributed by atoms with Gasteiger partial charge in [-0.3, -0.25) is 0 Å². The van der Waals surface area contributed by atoms with E-state index in [-0.39, 0.29) is 17.3 Å². The molecule has 14 heavy (non-hydrogen) atoms. The van der Waals surface area contributed by atoms with Crippen LogP contribution in [-0.4, -0.2) is 28.7 Å². The molecule has 0 spiro atoms. The lowest BCUT2D eigenvalue weighted by Gasteiger charge is -2.06. The van der Waals surface area contributed by atoms with E-state index in [2.05, 4.69) is 0 Å². The van der Waals surface area contributed by atoms with Crippen LogP contribution in [0.3, 0.4) is 0 Å². The van der Waals surface area contributed by atoms with Gasteiger partial charge in [-0.2, -0.15) is 0 Å². The highest BCUT2D eigenvalue weighted by Gasteiger charge is 2.07. The Balaban J connectivity index is 2.62. The summed E-state index contributed by atoms with van der Waals surface area (Å²) in [6.07, 6.45) is -0.914. The summed E-state index contributed by atoms with van der Waals surface area (Å²) in [5.41, 5.74) is 0. The molecule has 1 unspecified atom stereocenters. The van der Waals surface area contributed by atoms with Gasteiger partial charge in [0.1, 0.15) is 11.6 Å². The highest BCUT2D eigenvalue weighted by atomic mass is 32.2. The quantitative estimate of drug-likeness (QED) is 0.754. The predicted molar refractivity (Wildman–Crippen MR) is 50.2 cm³/mol. The van der Waals surface area contributed by atoms with Crippen molar-refractivity contribution in [2.45, 2.75) is 11.0 Å². The van der Waals surface area contributed by atoms with E-state index in [9.17, 15) is 8.78 Å². The molecule has 1 aromatic rings. The number of hydrogen-bond acceptors (Lipinski definition) is 3. The SMILES string of the molecule is OCC(O)CSc1cc(F)ccc1F. The first-order valence-electron chi connectivity index (χ1n) is 4.00. The lowest BCUT2D eigenvalue weighted by Crippen LogP contribution is -2.14. The van der Waals surface area contributed by atoms with Gasteiger partial charge >= 0.3 is 0 Å². The van der Waals surface area contributed by atoms with Gasteiger partial charge in [0.05, 0.1) is 12.7 Å². The maximum Gasteiger partial charge on any atom is 0.136 e. The van der Waals surface area contributed by atoms with Crippen LogP contribution in [0.2, 0.25) is 0 Å². The number of aliphatic hydroxyl groups excluding tert-OH is 2. The van der Waals surface area contributed by atoms with Crippen molar-refractivity contribution in [2.75, 3.05) is 12.4 Å². The van der Waals surface area contributed by atoms with Gasteiger partial charge in [0.25, 0.3) is 0 Å². The molecule has 2 N–H and O–H groups in total. The normalized spacial score (nSPS) is 12.9. The summed E-state index contributed by atoms with van der Waals surface area (Å²) in [6.45, 7) is -0.385. The van der Waals surface area contributed by atoms with Gasteiger partial charge in [0.2, 0.25) is 0 Å². The summed E-state index contributed by atoms with van der Waals surface area (Å²) in [5, 5.41) is 17.5. The third-order valence-corrected chi connectivity index (χ3v) is 2.71. The third kappa shape index (κ3) is 3.25. The summed E-state index contributed by atoms with van der Waals surface area (Å²) in [7, 11) is 0. The summed E-state index contributed by atoms with van der Waals surface area (Å²) in [4.78, 5) is 0.137. The van der Waals surface area contributed by atoms with E-state index in [1.54, 1.807) is 0 Å². The van der Waals surface area contributed by atoms with Crippen LogP contribution in [0, 0.1) is 11.6 Å². The van der Waals surface area contributed by atoms with E-state index < -0.39 is 17.7 Å².